The zero-order chi connectivity index (χ0) is 13.1. The third kappa shape index (κ3) is 2.47. The van der Waals surface area contributed by atoms with Crippen LogP contribution in [0.2, 0.25) is 0 Å². The molecular formula is C15H12N2O2. The van der Waals surface area contributed by atoms with Gasteiger partial charge in [-0.3, -0.25) is 4.98 Å². The van der Waals surface area contributed by atoms with E-state index >= 15 is 0 Å². The van der Waals surface area contributed by atoms with Crippen molar-refractivity contribution in [2.75, 3.05) is 0 Å². The van der Waals surface area contributed by atoms with E-state index in [0.717, 1.165) is 16.5 Å². The van der Waals surface area contributed by atoms with Crippen molar-refractivity contribution in [3.63, 3.8) is 0 Å². The lowest BCUT2D eigenvalue weighted by Crippen LogP contribution is -2.05. The highest BCUT2D eigenvalue weighted by molar-refractivity contribution is 5.94. The quantitative estimate of drug-likeness (QED) is 0.729. The second-order valence-corrected chi connectivity index (χ2v) is 4.20. The summed E-state index contributed by atoms with van der Waals surface area (Å²) in [4.78, 5) is 18.9. The molecule has 2 heterocycles. The summed E-state index contributed by atoms with van der Waals surface area (Å²) in [5.74, 6) is -0.354. The number of ether oxygens (including phenoxy) is 1. The summed E-state index contributed by atoms with van der Waals surface area (Å²) in [5, 5.41) is 0.998. The molecule has 0 aliphatic heterocycles. The molecule has 0 fully saturated rings. The molecule has 4 heteroatoms. The van der Waals surface area contributed by atoms with Crippen LogP contribution in [0.4, 0.5) is 0 Å². The van der Waals surface area contributed by atoms with E-state index in [-0.39, 0.29) is 12.6 Å². The summed E-state index contributed by atoms with van der Waals surface area (Å²) in [5.41, 5.74) is 2.31. The maximum absolute atomic E-state index is 11.9. The number of nitrogens with one attached hydrogen (secondary N) is 1. The summed E-state index contributed by atoms with van der Waals surface area (Å²) in [6.45, 7) is 0.247. The Morgan fingerprint density at radius 3 is 2.74 bits per heavy atom. The minimum atomic E-state index is -0.354. The Hall–Kier alpha value is -2.62. The minimum absolute atomic E-state index is 0.247. The number of nitrogens with zero attached hydrogens (tertiary/aromatic N) is 1. The van der Waals surface area contributed by atoms with Crippen LogP contribution in [-0.4, -0.2) is 15.9 Å². The van der Waals surface area contributed by atoms with E-state index in [1.165, 1.54) is 0 Å². The number of hydrogen-bond acceptors (Lipinski definition) is 3. The van der Waals surface area contributed by atoms with E-state index in [4.69, 9.17) is 4.74 Å². The number of aromatic amines is 1. The highest BCUT2D eigenvalue weighted by Crippen LogP contribution is 2.15. The van der Waals surface area contributed by atoms with Gasteiger partial charge >= 0.3 is 5.97 Å². The third-order valence-electron chi connectivity index (χ3n) is 2.87. The third-order valence-corrected chi connectivity index (χ3v) is 2.87. The van der Waals surface area contributed by atoms with Crippen molar-refractivity contribution >= 4 is 16.9 Å². The first-order chi connectivity index (χ1) is 9.33. The Morgan fingerprint density at radius 1 is 1.16 bits per heavy atom. The molecule has 0 saturated heterocycles. The molecule has 0 atom stereocenters. The molecular weight excluding hydrogens is 240 g/mol. The SMILES string of the molecule is O=C(OCc1ccncc1)c1cc2ccccc2[nH]1. The monoisotopic (exact) mass is 252 g/mol. The zero-order valence-corrected chi connectivity index (χ0v) is 10.2. The van der Waals surface area contributed by atoms with Crippen LogP contribution in [0.5, 0.6) is 0 Å². The number of benzene rings is 1. The molecule has 1 N–H and O–H groups in total. The number of pyridine rings is 1. The van der Waals surface area contributed by atoms with Crippen molar-refractivity contribution < 1.29 is 9.53 Å². The van der Waals surface area contributed by atoms with Crippen LogP contribution < -0.4 is 0 Å². The van der Waals surface area contributed by atoms with Crippen molar-refractivity contribution in [2.24, 2.45) is 0 Å². The van der Waals surface area contributed by atoms with Gasteiger partial charge in [0.05, 0.1) is 0 Å². The highest BCUT2D eigenvalue weighted by Gasteiger charge is 2.10. The van der Waals surface area contributed by atoms with Gasteiger partial charge in [-0.05, 0) is 29.8 Å². The van der Waals surface area contributed by atoms with E-state index in [1.807, 2.05) is 36.4 Å². The summed E-state index contributed by atoms with van der Waals surface area (Å²) >= 11 is 0. The number of hydrogen-bond donors (Lipinski definition) is 1. The van der Waals surface area contributed by atoms with E-state index < -0.39 is 0 Å². The van der Waals surface area contributed by atoms with Crippen LogP contribution in [-0.2, 0) is 11.3 Å². The number of fused-ring (bicyclic) bond motifs is 1. The van der Waals surface area contributed by atoms with Crippen molar-refractivity contribution in [1.82, 2.24) is 9.97 Å². The van der Waals surface area contributed by atoms with Crippen LogP contribution in [0, 0.1) is 0 Å². The Kier molecular flexibility index (Phi) is 2.98. The lowest BCUT2D eigenvalue weighted by Gasteiger charge is -2.02. The van der Waals surface area contributed by atoms with Crippen molar-refractivity contribution in [3.05, 3.63) is 66.1 Å². The van der Waals surface area contributed by atoms with Gasteiger partial charge in [0, 0.05) is 23.3 Å². The van der Waals surface area contributed by atoms with Crippen LogP contribution >= 0.6 is 0 Å². The summed E-state index contributed by atoms with van der Waals surface area (Å²) < 4.78 is 5.25. The van der Waals surface area contributed by atoms with Crippen molar-refractivity contribution in [2.45, 2.75) is 6.61 Å². The Bertz CT molecular complexity index is 671. The zero-order valence-electron chi connectivity index (χ0n) is 10.2. The number of carbonyl (C=O) groups excluding carboxylic acids is 1. The van der Waals surface area contributed by atoms with Crippen molar-refractivity contribution in [3.8, 4) is 0 Å². The van der Waals surface area contributed by atoms with E-state index in [0.29, 0.717) is 5.69 Å². The largest absolute Gasteiger partial charge is 0.456 e. The van der Waals surface area contributed by atoms with Gasteiger partial charge in [-0.25, -0.2) is 4.79 Å². The van der Waals surface area contributed by atoms with E-state index in [9.17, 15) is 4.79 Å². The average Bonchev–Trinajstić information content (AvgIpc) is 2.90. The second kappa shape index (κ2) is 4.94. The Balaban J connectivity index is 1.73. The van der Waals surface area contributed by atoms with Gasteiger partial charge in [0.25, 0.3) is 0 Å². The lowest BCUT2D eigenvalue weighted by atomic mass is 10.2. The van der Waals surface area contributed by atoms with Gasteiger partial charge < -0.3 is 9.72 Å². The van der Waals surface area contributed by atoms with Crippen LogP contribution in [0.1, 0.15) is 16.1 Å². The number of carbonyl (C=O) groups is 1. The molecule has 0 bridgehead atoms. The number of aromatic nitrogens is 2. The molecule has 0 amide bonds. The molecule has 2 aromatic heterocycles. The summed E-state index contributed by atoms with van der Waals surface area (Å²) in [7, 11) is 0. The van der Waals surface area contributed by atoms with Gasteiger partial charge in [0.2, 0.25) is 0 Å². The molecule has 94 valence electrons. The van der Waals surface area contributed by atoms with Gasteiger partial charge in [-0.15, -0.1) is 0 Å². The first kappa shape index (κ1) is 11.5. The molecule has 3 rings (SSSR count). The van der Waals surface area contributed by atoms with Gasteiger partial charge in [0.1, 0.15) is 12.3 Å². The smallest absolute Gasteiger partial charge is 0.355 e. The molecule has 1 aromatic carbocycles. The second-order valence-electron chi connectivity index (χ2n) is 4.20. The lowest BCUT2D eigenvalue weighted by molar-refractivity contribution is 0.0467. The molecule has 0 aliphatic carbocycles. The summed E-state index contributed by atoms with van der Waals surface area (Å²) in [6, 6.07) is 13.2. The molecule has 19 heavy (non-hydrogen) atoms. The molecule has 0 spiro atoms. The first-order valence-corrected chi connectivity index (χ1v) is 5.97. The Labute approximate surface area is 110 Å². The predicted octanol–water partition coefficient (Wildman–Crippen LogP) is 2.92. The molecule has 0 aliphatic rings. The fourth-order valence-electron chi connectivity index (χ4n) is 1.89. The standard InChI is InChI=1S/C15H12N2O2/c18-15(19-10-11-5-7-16-8-6-11)14-9-12-3-1-2-4-13(12)17-14/h1-9,17H,10H2. The summed E-state index contributed by atoms with van der Waals surface area (Å²) in [6.07, 6.45) is 3.35. The van der Waals surface area contributed by atoms with Gasteiger partial charge in [0.15, 0.2) is 0 Å². The maximum Gasteiger partial charge on any atom is 0.355 e. The topological polar surface area (TPSA) is 55.0 Å². The normalized spacial score (nSPS) is 10.5. The predicted molar refractivity (Wildman–Crippen MR) is 71.7 cm³/mol. The molecule has 0 saturated carbocycles. The number of H-pyrrole nitrogens is 1. The molecule has 0 radical (unpaired) electrons. The fraction of sp³-hybridized carbons (Fsp3) is 0.0667. The maximum atomic E-state index is 11.9. The van der Waals surface area contributed by atoms with E-state index in [1.54, 1.807) is 18.5 Å². The Morgan fingerprint density at radius 2 is 1.95 bits per heavy atom. The van der Waals surface area contributed by atoms with E-state index in [2.05, 4.69) is 9.97 Å². The number of esters is 1. The van der Waals surface area contributed by atoms with Crippen molar-refractivity contribution in [1.29, 1.82) is 0 Å². The van der Waals surface area contributed by atoms with Crippen LogP contribution in [0.15, 0.2) is 54.9 Å². The average molecular weight is 252 g/mol. The molecule has 4 nitrogen and oxygen atoms in total. The molecule has 3 aromatic rings. The van der Waals surface area contributed by atoms with Gasteiger partial charge in [-0.2, -0.15) is 0 Å². The number of para-hydroxylation sites is 1. The first-order valence-electron chi connectivity index (χ1n) is 5.97. The fourth-order valence-corrected chi connectivity index (χ4v) is 1.89. The van der Waals surface area contributed by atoms with Gasteiger partial charge in [-0.1, -0.05) is 18.2 Å². The number of rotatable bonds is 3. The van der Waals surface area contributed by atoms with Crippen LogP contribution in [0.3, 0.4) is 0 Å². The molecule has 0 unspecified atom stereocenters. The highest BCUT2D eigenvalue weighted by atomic mass is 16.5. The minimum Gasteiger partial charge on any atom is -0.456 e. The van der Waals surface area contributed by atoms with Crippen LogP contribution in [0.25, 0.3) is 10.9 Å².